The van der Waals surface area contributed by atoms with Crippen molar-refractivity contribution in [2.24, 2.45) is 5.10 Å². The summed E-state index contributed by atoms with van der Waals surface area (Å²) in [7, 11) is 1.49. The van der Waals surface area contributed by atoms with E-state index in [4.69, 9.17) is 37.4 Å². The lowest BCUT2D eigenvalue weighted by Crippen LogP contribution is -2.24. The number of nitrogens with zero attached hydrogens (tertiary/aromatic N) is 1. The van der Waals surface area contributed by atoms with Gasteiger partial charge < -0.3 is 19.5 Å². The van der Waals surface area contributed by atoms with E-state index in [-0.39, 0.29) is 19.1 Å². The van der Waals surface area contributed by atoms with Gasteiger partial charge in [-0.1, -0.05) is 40.9 Å². The normalized spacial score (nSPS) is 10.7. The number of carbonyl (C=O) groups excluding carboxylic acids is 2. The SMILES string of the molecule is COc1cc(/C=N/NC(=O)COc2ccc(Cl)cc2Cl)ccc1OCC(=O)Nc1ccc(C)cc1C. The second-order valence-electron chi connectivity index (χ2n) is 7.72. The van der Waals surface area contributed by atoms with Crippen LogP contribution in [0.4, 0.5) is 5.69 Å². The maximum atomic E-state index is 12.3. The van der Waals surface area contributed by atoms with Crippen LogP contribution in [0, 0.1) is 13.8 Å². The van der Waals surface area contributed by atoms with E-state index in [0.29, 0.717) is 32.9 Å². The highest BCUT2D eigenvalue weighted by Crippen LogP contribution is 2.28. The van der Waals surface area contributed by atoms with Crippen molar-refractivity contribution < 1.29 is 23.8 Å². The van der Waals surface area contributed by atoms with E-state index in [1.165, 1.54) is 19.4 Å². The number of halogens is 2. The monoisotopic (exact) mass is 529 g/mol. The molecule has 3 aromatic carbocycles. The summed E-state index contributed by atoms with van der Waals surface area (Å²) in [5, 5.41) is 7.51. The minimum absolute atomic E-state index is 0.190. The zero-order chi connectivity index (χ0) is 26.1. The number of hydrogen-bond acceptors (Lipinski definition) is 6. The van der Waals surface area contributed by atoms with Gasteiger partial charge in [0, 0.05) is 10.7 Å². The summed E-state index contributed by atoms with van der Waals surface area (Å²) in [6, 6.07) is 15.5. The number of ether oxygens (including phenoxy) is 3. The largest absolute Gasteiger partial charge is 0.493 e. The number of benzene rings is 3. The molecule has 0 fully saturated rings. The first-order valence-corrected chi connectivity index (χ1v) is 11.6. The number of hydrazone groups is 1. The average molecular weight is 530 g/mol. The van der Waals surface area contributed by atoms with Gasteiger partial charge in [-0.05, 0) is 67.4 Å². The van der Waals surface area contributed by atoms with Crippen molar-refractivity contribution in [1.82, 2.24) is 5.43 Å². The molecule has 36 heavy (non-hydrogen) atoms. The van der Waals surface area contributed by atoms with Gasteiger partial charge in [0.1, 0.15) is 5.75 Å². The zero-order valence-electron chi connectivity index (χ0n) is 19.9. The molecule has 3 aromatic rings. The summed E-state index contributed by atoms with van der Waals surface area (Å²) in [5.74, 6) is 0.370. The Balaban J connectivity index is 1.50. The van der Waals surface area contributed by atoms with Crippen molar-refractivity contribution in [3.8, 4) is 17.2 Å². The summed E-state index contributed by atoms with van der Waals surface area (Å²) >= 11 is 11.8. The van der Waals surface area contributed by atoms with Crippen molar-refractivity contribution in [2.75, 3.05) is 25.6 Å². The summed E-state index contributed by atoms with van der Waals surface area (Å²) in [6.07, 6.45) is 1.44. The Morgan fingerprint density at radius 1 is 0.889 bits per heavy atom. The zero-order valence-corrected chi connectivity index (χ0v) is 21.4. The molecule has 0 aromatic heterocycles. The van der Waals surface area contributed by atoms with Crippen LogP contribution < -0.4 is 25.0 Å². The first-order chi connectivity index (χ1) is 17.2. The van der Waals surface area contributed by atoms with Crippen LogP contribution in [0.2, 0.25) is 10.0 Å². The van der Waals surface area contributed by atoms with Crippen molar-refractivity contribution >= 4 is 46.9 Å². The van der Waals surface area contributed by atoms with Gasteiger partial charge in [0.25, 0.3) is 11.8 Å². The Bertz CT molecular complexity index is 1280. The van der Waals surface area contributed by atoms with Crippen molar-refractivity contribution in [2.45, 2.75) is 13.8 Å². The Morgan fingerprint density at radius 3 is 2.33 bits per heavy atom. The van der Waals surface area contributed by atoms with Gasteiger partial charge in [-0.2, -0.15) is 5.10 Å². The maximum absolute atomic E-state index is 12.3. The molecule has 8 nitrogen and oxygen atoms in total. The van der Waals surface area contributed by atoms with E-state index in [1.807, 2.05) is 32.0 Å². The lowest BCUT2D eigenvalue weighted by atomic mass is 10.1. The predicted octanol–water partition coefficient (Wildman–Crippen LogP) is 5.17. The van der Waals surface area contributed by atoms with Gasteiger partial charge in [0.15, 0.2) is 24.7 Å². The molecular formula is C26H25Cl2N3O5. The predicted molar refractivity (Wildman–Crippen MR) is 141 cm³/mol. The first kappa shape index (κ1) is 26.8. The molecule has 0 bridgehead atoms. The number of rotatable bonds is 10. The number of methoxy groups -OCH3 is 1. The van der Waals surface area contributed by atoms with Crippen molar-refractivity contribution in [3.63, 3.8) is 0 Å². The Kier molecular flexibility index (Phi) is 9.55. The van der Waals surface area contributed by atoms with Crippen molar-refractivity contribution in [1.29, 1.82) is 0 Å². The van der Waals surface area contributed by atoms with Gasteiger partial charge in [-0.25, -0.2) is 5.43 Å². The molecule has 0 saturated carbocycles. The Hall–Kier alpha value is -3.75. The smallest absolute Gasteiger partial charge is 0.277 e. The van der Waals surface area contributed by atoms with Gasteiger partial charge in [0.2, 0.25) is 0 Å². The summed E-state index contributed by atoms with van der Waals surface area (Å²) in [6.45, 7) is 3.45. The molecule has 0 aliphatic heterocycles. The van der Waals surface area contributed by atoms with E-state index < -0.39 is 5.91 Å². The second-order valence-corrected chi connectivity index (χ2v) is 8.57. The number of carbonyl (C=O) groups is 2. The number of hydrogen-bond donors (Lipinski definition) is 2. The highest BCUT2D eigenvalue weighted by molar-refractivity contribution is 6.35. The fourth-order valence-electron chi connectivity index (χ4n) is 3.11. The third kappa shape index (κ3) is 7.90. The lowest BCUT2D eigenvalue weighted by Gasteiger charge is -2.12. The quantitative estimate of drug-likeness (QED) is 0.279. The van der Waals surface area contributed by atoms with Crippen LogP contribution in [0.3, 0.4) is 0 Å². The number of amides is 2. The highest BCUT2D eigenvalue weighted by atomic mass is 35.5. The molecule has 10 heteroatoms. The number of aryl methyl sites for hydroxylation is 2. The molecule has 0 saturated heterocycles. The molecule has 2 N–H and O–H groups in total. The molecule has 0 atom stereocenters. The van der Waals surface area contributed by atoms with Crippen LogP contribution in [0.25, 0.3) is 0 Å². The summed E-state index contributed by atoms with van der Waals surface area (Å²) in [4.78, 5) is 24.3. The van der Waals surface area contributed by atoms with E-state index in [9.17, 15) is 9.59 Å². The Morgan fingerprint density at radius 2 is 1.61 bits per heavy atom. The topological polar surface area (TPSA) is 98.2 Å². The average Bonchev–Trinajstić information content (AvgIpc) is 2.84. The van der Waals surface area contributed by atoms with Gasteiger partial charge in [-0.15, -0.1) is 0 Å². The molecule has 0 spiro atoms. The van der Waals surface area contributed by atoms with Gasteiger partial charge >= 0.3 is 0 Å². The lowest BCUT2D eigenvalue weighted by molar-refractivity contribution is -0.123. The van der Waals surface area contributed by atoms with Crippen LogP contribution in [0.15, 0.2) is 59.7 Å². The molecule has 2 amide bonds. The Labute approximate surface area is 219 Å². The van der Waals surface area contributed by atoms with Gasteiger partial charge in [0.05, 0.1) is 18.3 Å². The minimum Gasteiger partial charge on any atom is -0.493 e. The third-order valence-electron chi connectivity index (χ3n) is 4.86. The number of anilines is 1. The van der Waals surface area contributed by atoms with Crippen LogP contribution in [-0.4, -0.2) is 38.4 Å². The minimum atomic E-state index is -0.473. The van der Waals surface area contributed by atoms with Crippen LogP contribution in [0.5, 0.6) is 17.2 Å². The van der Waals surface area contributed by atoms with Crippen LogP contribution in [-0.2, 0) is 9.59 Å². The molecule has 188 valence electrons. The third-order valence-corrected chi connectivity index (χ3v) is 5.39. The fourth-order valence-corrected chi connectivity index (χ4v) is 3.58. The molecule has 0 heterocycles. The number of nitrogens with one attached hydrogen (secondary N) is 2. The molecule has 0 aliphatic rings. The fraction of sp³-hybridized carbons (Fsp3) is 0.192. The van der Waals surface area contributed by atoms with E-state index in [1.54, 1.807) is 30.3 Å². The van der Waals surface area contributed by atoms with E-state index in [2.05, 4.69) is 15.8 Å². The van der Waals surface area contributed by atoms with Crippen molar-refractivity contribution in [3.05, 3.63) is 81.3 Å². The molecule has 0 unspecified atom stereocenters. The molecule has 3 rings (SSSR count). The molecule has 0 aliphatic carbocycles. The summed E-state index contributed by atoms with van der Waals surface area (Å²) in [5.41, 5.74) is 5.83. The van der Waals surface area contributed by atoms with Crippen LogP contribution >= 0.6 is 23.2 Å². The van der Waals surface area contributed by atoms with E-state index >= 15 is 0 Å². The second kappa shape index (κ2) is 12.8. The maximum Gasteiger partial charge on any atom is 0.277 e. The summed E-state index contributed by atoms with van der Waals surface area (Å²) < 4.78 is 16.3. The molecule has 0 radical (unpaired) electrons. The van der Waals surface area contributed by atoms with Crippen LogP contribution in [0.1, 0.15) is 16.7 Å². The van der Waals surface area contributed by atoms with E-state index in [0.717, 1.165) is 16.8 Å². The first-order valence-electron chi connectivity index (χ1n) is 10.8. The van der Waals surface area contributed by atoms with Gasteiger partial charge in [-0.3, -0.25) is 9.59 Å². The standard InChI is InChI=1S/C26H25Cl2N3O5/c1-16-4-7-21(17(2)10-16)30-25(32)14-36-23-8-5-18(11-24(23)34-3)13-29-31-26(33)15-35-22-9-6-19(27)12-20(22)28/h4-13H,14-15H2,1-3H3,(H,30,32)(H,31,33)/b29-13+. The molecular weight excluding hydrogens is 505 g/mol. The highest BCUT2D eigenvalue weighted by Gasteiger charge is 2.10.